The van der Waals surface area contributed by atoms with Crippen molar-refractivity contribution in [3.63, 3.8) is 0 Å². The van der Waals surface area contributed by atoms with Crippen LogP contribution in [-0.4, -0.2) is 44.8 Å². The molecular weight excluding hydrogens is 402 g/mol. The molecule has 1 fully saturated rings. The molecule has 1 N–H and O–H groups in total. The summed E-state index contributed by atoms with van der Waals surface area (Å²) in [6, 6.07) is 8.58. The minimum absolute atomic E-state index is 0.176. The lowest BCUT2D eigenvalue weighted by molar-refractivity contribution is -0.111. The van der Waals surface area contributed by atoms with Crippen LogP contribution in [0.5, 0.6) is 0 Å². The average Bonchev–Trinajstić information content (AvgIpc) is 3.39. The summed E-state index contributed by atoms with van der Waals surface area (Å²) in [5.74, 6) is 1.00. The van der Waals surface area contributed by atoms with Crippen LogP contribution in [0.3, 0.4) is 0 Å². The molecule has 2 aromatic rings. The topological polar surface area (TPSA) is 82.9 Å². The van der Waals surface area contributed by atoms with E-state index in [9.17, 15) is 13.2 Å². The number of hydrogen-bond donors (Lipinski definition) is 1. The summed E-state index contributed by atoms with van der Waals surface area (Å²) < 4.78 is 32.8. The zero-order chi connectivity index (χ0) is 21.7. The molecule has 30 heavy (non-hydrogen) atoms. The van der Waals surface area contributed by atoms with Crippen molar-refractivity contribution in [1.29, 1.82) is 0 Å². The van der Waals surface area contributed by atoms with Gasteiger partial charge in [-0.05, 0) is 56.2 Å². The van der Waals surface area contributed by atoms with Crippen LogP contribution in [-0.2, 0) is 14.8 Å². The number of carbonyl (C=O) groups excluding carboxylic acids is 1. The predicted molar refractivity (Wildman–Crippen MR) is 119 cm³/mol. The van der Waals surface area contributed by atoms with E-state index >= 15 is 0 Å². The molecule has 0 bridgehead atoms. The molecule has 1 aromatic carbocycles. The molecule has 162 valence electrons. The normalized spacial score (nSPS) is 14.7. The van der Waals surface area contributed by atoms with Crippen LogP contribution in [0.15, 0.2) is 45.7 Å². The second kappa shape index (κ2) is 9.49. The molecule has 1 aromatic heterocycles. The molecule has 0 spiro atoms. The molecule has 1 aliphatic heterocycles. The highest BCUT2D eigenvalue weighted by atomic mass is 32.2. The Labute approximate surface area is 178 Å². The first kappa shape index (κ1) is 22.1. The minimum Gasteiger partial charge on any atom is -0.462 e. The zero-order valence-corrected chi connectivity index (χ0v) is 18.5. The highest BCUT2D eigenvalue weighted by Crippen LogP contribution is 2.32. The summed E-state index contributed by atoms with van der Waals surface area (Å²) in [7, 11) is -3.62. The van der Waals surface area contributed by atoms with Crippen molar-refractivity contribution in [2.24, 2.45) is 0 Å². The Kier molecular flexibility index (Phi) is 6.99. The van der Waals surface area contributed by atoms with Crippen molar-refractivity contribution in [2.75, 3.05) is 36.4 Å². The molecule has 0 atom stereocenters. The highest BCUT2D eigenvalue weighted by Gasteiger charge is 2.24. The van der Waals surface area contributed by atoms with Crippen LogP contribution in [0.1, 0.15) is 38.2 Å². The van der Waals surface area contributed by atoms with Crippen LogP contribution in [0.25, 0.3) is 6.08 Å². The monoisotopic (exact) mass is 431 g/mol. The maximum absolute atomic E-state index is 13.0. The molecule has 7 nitrogen and oxygen atoms in total. The molecule has 0 unspecified atom stereocenters. The van der Waals surface area contributed by atoms with Crippen molar-refractivity contribution in [3.05, 3.63) is 47.9 Å². The summed E-state index contributed by atoms with van der Waals surface area (Å²) in [6.45, 7) is 7.99. The predicted octanol–water partition coefficient (Wildman–Crippen LogP) is 3.87. The van der Waals surface area contributed by atoms with Gasteiger partial charge in [-0.3, -0.25) is 4.79 Å². The molecule has 2 heterocycles. The Bertz CT molecular complexity index is 1020. The van der Waals surface area contributed by atoms with Crippen LogP contribution in [0.2, 0.25) is 0 Å². The third-order valence-electron chi connectivity index (χ3n) is 5.18. The van der Waals surface area contributed by atoms with Crippen LogP contribution < -0.4 is 10.2 Å². The van der Waals surface area contributed by atoms with Gasteiger partial charge in [-0.25, -0.2) is 8.42 Å². The Morgan fingerprint density at radius 2 is 1.87 bits per heavy atom. The van der Waals surface area contributed by atoms with Crippen molar-refractivity contribution in [2.45, 2.75) is 38.5 Å². The second-order valence-electron chi connectivity index (χ2n) is 7.23. The molecule has 3 rings (SSSR count). The third kappa shape index (κ3) is 4.94. The number of nitrogens with zero attached hydrogens (tertiary/aromatic N) is 2. The molecule has 0 saturated carbocycles. The van der Waals surface area contributed by atoms with Crippen molar-refractivity contribution in [3.8, 4) is 0 Å². The molecule has 0 radical (unpaired) electrons. The van der Waals surface area contributed by atoms with Gasteiger partial charge in [0, 0.05) is 32.3 Å². The van der Waals surface area contributed by atoms with Gasteiger partial charge in [0.1, 0.15) is 11.5 Å². The number of aryl methyl sites for hydroxylation is 1. The van der Waals surface area contributed by atoms with E-state index in [0.717, 1.165) is 37.4 Å². The Hall–Kier alpha value is -2.58. The summed E-state index contributed by atoms with van der Waals surface area (Å²) in [4.78, 5) is 14.9. The highest BCUT2D eigenvalue weighted by molar-refractivity contribution is 7.89. The second-order valence-corrected chi connectivity index (χ2v) is 9.17. The summed E-state index contributed by atoms with van der Waals surface area (Å²) in [6.07, 6.45) is 5.13. The minimum atomic E-state index is -3.62. The van der Waals surface area contributed by atoms with Crippen molar-refractivity contribution in [1.82, 2.24) is 4.31 Å². The van der Waals surface area contributed by atoms with Gasteiger partial charge in [-0.2, -0.15) is 4.31 Å². The lowest BCUT2D eigenvalue weighted by Crippen LogP contribution is -2.31. The Balaban J connectivity index is 1.91. The van der Waals surface area contributed by atoms with Gasteiger partial charge in [0.25, 0.3) is 0 Å². The average molecular weight is 432 g/mol. The smallest absolute Gasteiger partial charge is 0.248 e. The summed E-state index contributed by atoms with van der Waals surface area (Å²) in [5.41, 5.74) is 1.33. The number of benzene rings is 1. The van der Waals surface area contributed by atoms with Crippen LogP contribution >= 0.6 is 0 Å². The molecule has 1 aliphatic rings. The number of sulfonamides is 1. The molecule has 0 aliphatic carbocycles. The molecule has 8 heteroatoms. The largest absolute Gasteiger partial charge is 0.462 e. The number of nitrogens with one attached hydrogen (secondary N) is 1. The van der Waals surface area contributed by atoms with Gasteiger partial charge < -0.3 is 14.6 Å². The lowest BCUT2D eigenvalue weighted by Gasteiger charge is -2.24. The maximum Gasteiger partial charge on any atom is 0.248 e. The van der Waals surface area contributed by atoms with Crippen molar-refractivity contribution >= 4 is 33.4 Å². The van der Waals surface area contributed by atoms with Crippen LogP contribution in [0.4, 0.5) is 11.4 Å². The molecular formula is C22H29N3O4S. The zero-order valence-electron chi connectivity index (χ0n) is 17.7. The number of hydrogen-bond acceptors (Lipinski definition) is 5. The third-order valence-corrected chi connectivity index (χ3v) is 7.22. The fraction of sp³-hybridized carbons (Fsp3) is 0.409. The fourth-order valence-corrected chi connectivity index (χ4v) is 5.08. The van der Waals surface area contributed by atoms with Gasteiger partial charge in [-0.1, -0.05) is 13.8 Å². The van der Waals surface area contributed by atoms with Crippen molar-refractivity contribution < 1.29 is 17.6 Å². The quantitative estimate of drug-likeness (QED) is 0.642. The Morgan fingerprint density at radius 1 is 1.17 bits per heavy atom. The van der Waals surface area contributed by atoms with E-state index < -0.39 is 10.0 Å². The van der Waals surface area contributed by atoms with E-state index in [1.807, 2.05) is 26.8 Å². The van der Waals surface area contributed by atoms with Gasteiger partial charge in [0.15, 0.2) is 0 Å². The van der Waals surface area contributed by atoms with Gasteiger partial charge in [-0.15, -0.1) is 0 Å². The number of amides is 1. The lowest BCUT2D eigenvalue weighted by atomic mass is 10.2. The molecule has 1 saturated heterocycles. The van der Waals surface area contributed by atoms with Gasteiger partial charge >= 0.3 is 0 Å². The van der Waals surface area contributed by atoms with Crippen LogP contribution in [0, 0.1) is 6.92 Å². The number of rotatable bonds is 8. The SMILES string of the molecule is CCN(CC)S(=O)(=O)c1ccc(N2CCCC2)c(NC(=O)/C=C/c2ccc(C)o2)c1. The van der Waals surface area contributed by atoms with E-state index in [4.69, 9.17) is 4.42 Å². The maximum atomic E-state index is 13.0. The van der Waals surface area contributed by atoms with E-state index in [1.165, 1.54) is 10.4 Å². The standard InChI is InChI=1S/C22H29N3O4S/c1-4-25(5-2)30(27,28)19-11-12-21(24-14-6-7-15-24)20(16-19)23-22(26)13-10-18-9-8-17(3)29-18/h8-13,16H,4-7,14-15H2,1-3H3,(H,23,26)/b13-10+. The number of furan rings is 1. The number of anilines is 2. The van der Waals surface area contributed by atoms with E-state index in [1.54, 1.807) is 30.3 Å². The van der Waals surface area contributed by atoms with E-state index in [-0.39, 0.29) is 10.8 Å². The van der Waals surface area contributed by atoms with E-state index in [2.05, 4.69) is 10.2 Å². The summed E-state index contributed by atoms with van der Waals surface area (Å²) >= 11 is 0. The fourth-order valence-electron chi connectivity index (χ4n) is 3.60. The first-order valence-electron chi connectivity index (χ1n) is 10.3. The number of carbonyl (C=O) groups is 1. The molecule has 1 amide bonds. The van der Waals surface area contributed by atoms with Gasteiger partial charge in [0.05, 0.1) is 16.3 Å². The first-order chi connectivity index (χ1) is 14.3. The van der Waals surface area contributed by atoms with E-state index in [0.29, 0.717) is 24.5 Å². The first-order valence-corrected chi connectivity index (χ1v) is 11.7. The summed E-state index contributed by atoms with van der Waals surface area (Å²) in [5, 5.41) is 2.86. The van der Waals surface area contributed by atoms with Gasteiger partial charge in [0.2, 0.25) is 15.9 Å². The Morgan fingerprint density at radius 3 is 2.47 bits per heavy atom.